The highest BCUT2D eigenvalue weighted by Crippen LogP contribution is 2.32. The molecule has 3 aromatic carbocycles. The van der Waals surface area contributed by atoms with Crippen LogP contribution in [-0.2, 0) is 14.8 Å². The maximum Gasteiger partial charge on any atom is 0.254 e. The quantitative estimate of drug-likeness (QED) is 0.388. The molecule has 4 aromatic rings. The van der Waals surface area contributed by atoms with Crippen LogP contribution < -0.4 is 14.9 Å². The second-order valence-corrected chi connectivity index (χ2v) is 9.70. The van der Waals surface area contributed by atoms with E-state index in [9.17, 15) is 8.42 Å². The lowest BCUT2D eigenvalue weighted by atomic mass is 10.0. The van der Waals surface area contributed by atoms with E-state index in [0.717, 1.165) is 51.9 Å². The lowest BCUT2D eigenvalue weighted by Gasteiger charge is -2.30. The van der Waals surface area contributed by atoms with Gasteiger partial charge in [-0.3, -0.25) is 4.72 Å². The number of hydrogen-bond acceptors (Lipinski definition) is 7. The first-order valence-electron chi connectivity index (χ1n) is 11.2. The standard InChI is InChI=1S/C26H25N5O3S/c1-2-35(32,33)30-21-9-5-7-19(17-21)22-10-6-8-20-18-27-26(29-25(20)22)28-23-11-3-4-12-24(23)31-13-15-34-16-14-31/h2-12,17-18,30H,1,13-16H2,(H,27,28,29). The molecule has 1 aliphatic heterocycles. The van der Waals surface area contributed by atoms with Gasteiger partial charge >= 0.3 is 0 Å². The molecule has 1 aromatic heterocycles. The third-order valence-electron chi connectivity index (χ3n) is 5.77. The Hall–Kier alpha value is -3.95. The first-order valence-corrected chi connectivity index (χ1v) is 12.8. The maximum absolute atomic E-state index is 11.9. The third-order valence-corrected chi connectivity index (χ3v) is 6.73. The van der Waals surface area contributed by atoms with Crippen LogP contribution in [-0.4, -0.2) is 44.7 Å². The summed E-state index contributed by atoms with van der Waals surface area (Å²) in [6.07, 6.45) is 1.79. The van der Waals surface area contributed by atoms with Crippen LogP contribution in [0.2, 0.25) is 0 Å². The molecule has 0 radical (unpaired) electrons. The summed E-state index contributed by atoms with van der Waals surface area (Å²) in [5, 5.41) is 5.15. The van der Waals surface area contributed by atoms with Gasteiger partial charge in [0.05, 0.1) is 30.1 Å². The maximum atomic E-state index is 11.9. The second kappa shape index (κ2) is 9.73. The summed E-state index contributed by atoms with van der Waals surface area (Å²) in [6.45, 7) is 6.40. The molecule has 0 bridgehead atoms. The van der Waals surface area contributed by atoms with Crippen LogP contribution in [0.5, 0.6) is 0 Å². The van der Waals surface area contributed by atoms with Gasteiger partial charge in [0.2, 0.25) is 5.95 Å². The fourth-order valence-electron chi connectivity index (χ4n) is 4.08. The Labute approximate surface area is 204 Å². The molecule has 8 nitrogen and oxygen atoms in total. The van der Waals surface area contributed by atoms with Gasteiger partial charge in [-0.15, -0.1) is 0 Å². The number of benzene rings is 3. The average molecular weight is 488 g/mol. The number of nitrogens with zero attached hydrogens (tertiary/aromatic N) is 3. The number of sulfonamides is 1. The Kier molecular flexibility index (Phi) is 6.35. The summed E-state index contributed by atoms with van der Waals surface area (Å²) in [6, 6.07) is 21.1. The number of ether oxygens (including phenoxy) is 1. The minimum atomic E-state index is -3.60. The van der Waals surface area contributed by atoms with E-state index < -0.39 is 10.0 Å². The van der Waals surface area contributed by atoms with Crippen LogP contribution in [0.15, 0.2) is 84.9 Å². The predicted molar refractivity (Wildman–Crippen MR) is 140 cm³/mol. The van der Waals surface area contributed by atoms with Gasteiger partial charge < -0.3 is 15.0 Å². The molecule has 5 rings (SSSR count). The monoisotopic (exact) mass is 487 g/mol. The molecular weight excluding hydrogens is 462 g/mol. The zero-order valence-electron chi connectivity index (χ0n) is 19.0. The Bertz CT molecular complexity index is 1480. The molecule has 0 amide bonds. The van der Waals surface area contributed by atoms with Crippen molar-refractivity contribution in [3.8, 4) is 11.1 Å². The second-order valence-electron chi connectivity index (χ2n) is 8.07. The molecule has 0 atom stereocenters. The van der Waals surface area contributed by atoms with Crippen molar-refractivity contribution in [3.05, 3.63) is 84.9 Å². The summed E-state index contributed by atoms with van der Waals surface area (Å²) in [5.74, 6) is 0.481. The van der Waals surface area contributed by atoms with Crippen molar-refractivity contribution in [1.29, 1.82) is 0 Å². The topological polar surface area (TPSA) is 96.5 Å². The minimum absolute atomic E-state index is 0.450. The number of morpholine rings is 1. The summed E-state index contributed by atoms with van der Waals surface area (Å²) >= 11 is 0. The Morgan fingerprint density at radius 3 is 2.63 bits per heavy atom. The van der Waals surface area contributed by atoms with E-state index in [2.05, 4.69) is 32.6 Å². The average Bonchev–Trinajstić information content (AvgIpc) is 2.89. The van der Waals surface area contributed by atoms with Gasteiger partial charge in [-0.1, -0.05) is 49.0 Å². The molecule has 0 unspecified atom stereocenters. The van der Waals surface area contributed by atoms with Gasteiger partial charge in [-0.25, -0.2) is 18.4 Å². The normalized spacial score (nSPS) is 14.0. The molecule has 0 aliphatic carbocycles. The zero-order valence-corrected chi connectivity index (χ0v) is 19.8. The molecule has 9 heteroatoms. The van der Waals surface area contributed by atoms with Crippen molar-refractivity contribution in [2.75, 3.05) is 41.2 Å². The van der Waals surface area contributed by atoms with Crippen LogP contribution >= 0.6 is 0 Å². The minimum Gasteiger partial charge on any atom is -0.378 e. The first kappa shape index (κ1) is 22.8. The van der Waals surface area contributed by atoms with E-state index >= 15 is 0 Å². The number of hydrogen-bond donors (Lipinski definition) is 2. The first-order chi connectivity index (χ1) is 17.0. The van der Waals surface area contributed by atoms with Crippen LogP contribution in [0.1, 0.15) is 0 Å². The number of aromatic nitrogens is 2. The molecule has 178 valence electrons. The SMILES string of the molecule is C=CS(=O)(=O)Nc1cccc(-c2cccc3cnc(Nc4ccccc4N4CCOCC4)nc23)c1. The zero-order chi connectivity index (χ0) is 24.3. The molecule has 1 saturated heterocycles. The van der Waals surface area contributed by atoms with Gasteiger partial charge in [-0.05, 0) is 29.8 Å². The largest absolute Gasteiger partial charge is 0.378 e. The molecule has 0 saturated carbocycles. The number of para-hydroxylation sites is 3. The van der Waals surface area contributed by atoms with E-state index in [1.54, 1.807) is 24.4 Å². The van der Waals surface area contributed by atoms with Crippen molar-refractivity contribution < 1.29 is 13.2 Å². The number of anilines is 4. The summed E-state index contributed by atoms with van der Waals surface area (Å²) in [5.41, 5.74) is 4.91. The van der Waals surface area contributed by atoms with Gasteiger partial charge in [0.25, 0.3) is 10.0 Å². The lowest BCUT2D eigenvalue weighted by Crippen LogP contribution is -2.36. The molecule has 2 heterocycles. The van der Waals surface area contributed by atoms with Crippen molar-refractivity contribution in [2.45, 2.75) is 0 Å². The van der Waals surface area contributed by atoms with Crippen molar-refractivity contribution >= 4 is 43.9 Å². The fourth-order valence-corrected chi connectivity index (χ4v) is 4.62. The smallest absolute Gasteiger partial charge is 0.254 e. The number of fused-ring (bicyclic) bond motifs is 1. The van der Waals surface area contributed by atoms with E-state index in [0.29, 0.717) is 24.8 Å². The lowest BCUT2D eigenvalue weighted by molar-refractivity contribution is 0.123. The number of nitrogens with one attached hydrogen (secondary N) is 2. The van der Waals surface area contributed by atoms with E-state index in [-0.39, 0.29) is 0 Å². The van der Waals surface area contributed by atoms with Crippen LogP contribution in [0.3, 0.4) is 0 Å². The van der Waals surface area contributed by atoms with Gasteiger partial charge in [0.15, 0.2) is 0 Å². The Morgan fingerprint density at radius 1 is 1.00 bits per heavy atom. The van der Waals surface area contributed by atoms with Crippen molar-refractivity contribution in [3.63, 3.8) is 0 Å². The molecule has 1 aliphatic rings. The number of rotatable bonds is 7. The molecule has 1 fully saturated rings. The van der Waals surface area contributed by atoms with Crippen molar-refractivity contribution in [2.24, 2.45) is 0 Å². The Morgan fingerprint density at radius 2 is 1.80 bits per heavy atom. The fraction of sp³-hybridized carbons (Fsp3) is 0.154. The van der Waals surface area contributed by atoms with E-state index in [1.807, 2.05) is 42.5 Å². The highest BCUT2D eigenvalue weighted by atomic mass is 32.2. The summed E-state index contributed by atoms with van der Waals surface area (Å²) in [4.78, 5) is 11.7. The highest BCUT2D eigenvalue weighted by molar-refractivity contribution is 7.95. The highest BCUT2D eigenvalue weighted by Gasteiger charge is 2.16. The molecule has 0 spiro atoms. The van der Waals surface area contributed by atoms with Gasteiger partial charge in [-0.2, -0.15) is 0 Å². The van der Waals surface area contributed by atoms with Gasteiger partial charge in [0, 0.05) is 41.3 Å². The molecular formula is C26H25N5O3S. The van der Waals surface area contributed by atoms with E-state index in [1.165, 1.54) is 0 Å². The van der Waals surface area contributed by atoms with Crippen LogP contribution in [0.25, 0.3) is 22.0 Å². The Balaban J connectivity index is 1.50. The van der Waals surface area contributed by atoms with E-state index in [4.69, 9.17) is 9.72 Å². The van der Waals surface area contributed by atoms with Crippen LogP contribution in [0.4, 0.5) is 23.0 Å². The van der Waals surface area contributed by atoms with Crippen molar-refractivity contribution in [1.82, 2.24) is 9.97 Å². The summed E-state index contributed by atoms with van der Waals surface area (Å²) < 4.78 is 31.8. The van der Waals surface area contributed by atoms with Crippen LogP contribution in [0, 0.1) is 0 Å². The van der Waals surface area contributed by atoms with Gasteiger partial charge in [0.1, 0.15) is 0 Å². The molecule has 2 N–H and O–H groups in total. The molecule has 35 heavy (non-hydrogen) atoms. The predicted octanol–water partition coefficient (Wildman–Crippen LogP) is 4.76. The third kappa shape index (κ3) is 5.11. The summed E-state index contributed by atoms with van der Waals surface area (Å²) in [7, 11) is -3.60.